The number of aliphatic imine (C=N–C) groups is 1. The van der Waals surface area contributed by atoms with Crippen LogP contribution in [0.5, 0.6) is 0 Å². The van der Waals surface area contributed by atoms with Crippen molar-refractivity contribution in [2.24, 2.45) is 16.6 Å². The lowest BCUT2D eigenvalue weighted by Crippen LogP contribution is -2.39. The van der Waals surface area contributed by atoms with E-state index >= 15 is 0 Å². The quantitative estimate of drug-likeness (QED) is 0.655. The third kappa shape index (κ3) is 2.47. The van der Waals surface area contributed by atoms with Crippen LogP contribution in [0.4, 0.5) is 0 Å². The van der Waals surface area contributed by atoms with Crippen LogP contribution in [0.1, 0.15) is 32.6 Å². The van der Waals surface area contributed by atoms with Gasteiger partial charge in [0.25, 0.3) is 0 Å². The first-order chi connectivity index (χ1) is 7.70. The number of hydrazine groups is 1. The van der Waals surface area contributed by atoms with Gasteiger partial charge in [-0.25, -0.2) is 10.8 Å². The van der Waals surface area contributed by atoms with Crippen LogP contribution in [0.25, 0.3) is 0 Å². The second-order valence-corrected chi connectivity index (χ2v) is 4.77. The normalized spacial score (nSPS) is 33.8. The van der Waals surface area contributed by atoms with Crippen LogP contribution in [-0.2, 0) is 0 Å². The number of nitrogens with zero attached hydrogens (tertiary/aromatic N) is 3. The van der Waals surface area contributed by atoms with Gasteiger partial charge in [-0.3, -0.25) is 5.01 Å². The molecule has 1 aliphatic heterocycles. The van der Waals surface area contributed by atoms with E-state index in [1.807, 2.05) is 0 Å². The van der Waals surface area contributed by atoms with E-state index in [1.54, 1.807) is 5.01 Å². The Morgan fingerprint density at radius 3 is 2.56 bits per heavy atom. The molecule has 1 heterocycles. The zero-order valence-corrected chi connectivity index (χ0v) is 10.1. The van der Waals surface area contributed by atoms with E-state index in [2.05, 4.69) is 11.8 Å². The summed E-state index contributed by atoms with van der Waals surface area (Å²) in [5.74, 6) is 6.90. The number of nitrogens with two attached hydrogens (primary N) is 2. The molecule has 0 aromatic heterocycles. The van der Waals surface area contributed by atoms with Gasteiger partial charge in [0.05, 0.1) is 12.6 Å². The van der Waals surface area contributed by atoms with Gasteiger partial charge in [0, 0.05) is 19.1 Å². The maximum atomic E-state index is 5.93. The lowest BCUT2D eigenvalue weighted by molar-refractivity contribution is 0.385. The van der Waals surface area contributed by atoms with Crippen LogP contribution >= 0.6 is 0 Å². The van der Waals surface area contributed by atoms with Crippen LogP contribution < -0.4 is 11.6 Å². The average Bonchev–Trinajstić information content (AvgIpc) is 2.63. The monoisotopic (exact) mass is 225 g/mol. The Kier molecular flexibility index (Phi) is 3.66. The second kappa shape index (κ2) is 5.01. The first-order valence-electron chi connectivity index (χ1n) is 6.31. The van der Waals surface area contributed by atoms with E-state index in [4.69, 9.17) is 16.6 Å². The maximum Gasteiger partial charge on any atom is 0.211 e. The molecular formula is C11H23N5. The van der Waals surface area contributed by atoms with E-state index in [9.17, 15) is 0 Å². The molecule has 0 radical (unpaired) electrons. The van der Waals surface area contributed by atoms with Gasteiger partial charge in [-0.2, -0.15) is 0 Å². The molecule has 1 aliphatic carbocycles. The fourth-order valence-electron chi connectivity index (χ4n) is 2.46. The van der Waals surface area contributed by atoms with Gasteiger partial charge in [0.15, 0.2) is 0 Å². The first-order valence-corrected chi connectivity index (χ1v) is 6.31. The zero-order valence-electron chi connectivity index (χ0n) is 10.1. The molecule has 5 heteroatoms. The molecular weight excluding hydrogens is 202 g/mol. The minimum atomic E-state index is 0.385. The lowest BCUT2D eigenvalue weighted by Gasteiger charge is -2.26. The van der Waals surface area contributed by atoms with Crippen LogP contribution in [0.3, 0.4) is 0 Å². The largest absolute Gasteiger partial charge is 0.340 e. The summed E-state index contributed by atoms with van der Waals surface area (Å²) in [4.78, 5) is 7.04. The molecule has 2 aliphatic rings. The predicted octanol–water partition coefficient (Wildman–Crippen LogP) is 0.124. The highest BCUT2D eigenvalue weighted by Crippen LogP contribution is 2.21. The highest BCUT2D eigenvalue weighted by atomic mass is 15.6. The lowest BCUT2D eigenvalue weighted by atomic mass is 9.92. The number of rotatable bonds is 2. The van der Waals surface area contributed by atoms with Crippen LogP contribution in [0, 0.1) is 0 Å². The predicted molar refractivity (Wildman–Crippen MR) is 65.8 cm³/mol. The summed E-state index contributed by atoms with van der Waals surface area (Å²) in [5.41, 5.74) is 5.89. The van der Waals surface area contributed by atoms with E-state index in [1.165, 1.54) is 0 Å². The molecule has 16 heavy (non-hydrogen) atoms. The Morgan fingerprint density at radius 1 is 1.25 bits per heavy atom. The second-order valence-electron chi connectivity index (χ2n) is 4.77. The van der Waals surface area contributed by atoms with Gasteiger partial charge >= 0.3 is 0 Å². The number of hydrogen-bond acceptors (Lipinski definition) is 3. The topological polar surface area (TPSA) is 70.9 Å². The van der Waals surface area contributed by atoms with Gasteiger partial charge in [0.1, 0.15) is 0 Å². The minimum absolute atomic E-state index is 0.385. The van der Waals surface area contributed by atoms with E-state index in [0.717, 1.165) is 51.3 Å². The van der Waals surface area contributed by atoms with Crippen LogP contribution in [-0.4, -0.2) is 47.6 Å². The van der Waals surface area contributed by atoms with Crippen molar-refractivity contribution >= 4 is 5.96 Å². The SMILES string of the molecule is CCN1CCN(N)C1=NC1CCC(N)CC1. The number of hydrogen-bond donors (Lipinski definition) is 2. The summed E-state index contributed by atoms with van der Waals surface area (Å²) in [6, 6.07) is 0.810. The van der Waals surface area contributed by atoms with Crippen molar-refractivity contribution in [2.75, 3.05) is 19.6 Å². The van der Waals surface area contributed by atoms with Crippen molar-refractivity contribution in [2.45, 2.75) is 44.7 Å². The Labute approximate surface area is 97.4 Å². The van der Waals surface area contributed by atoms with Gasteiger partial charge in [-0.05, 0) is 32.6 Å². The molecule has 92 valence electrons. The molecule has 2 fully saturated rings. The Balaban J connectivity index is 1.99. The third-order valence-corrected chi connectivity index (χ3v) is 3.57. The van der Waals surface area contributed by atoms with Crippen LogP contribution in [0.15, 0.2) is 4.99 Å². The summed E-state index contributed by atoms with van der Waals surface area (Å²) in [7, 11) is 0. The van der Waals surface area contributed by atoms with Gasteiger partial charge < -0.3 is 10.6 Å². The van der Waals surface area contributed by atoms with Gasteiger partial charge in [-0.1, -0.05) is 0 Å². The van der Waals surface area contributed by atoms with Crippen molar-refractivity contribution < 1.29 is 0 Å². The van der Waals surface area contributed by atoms with Crippen molar-refractivity contribution in [3.8, 4) is 0 Å². The molecule has 4 N–H and O–H groups in total. The molecule has 0 spiro atoms. The van der Waals surface area contributed by atoms with Crippen molar-refractivity contribution in [1.29, 1.82) is 0 Å². The average molecular weight is 225 g/mol. The summed E-state index contributed by atoms with van der Waals surface area (Å²) < 4.78 is 0. The summed E-state index contributed by atoms with van der Waals surface area (Å²) in [6.07, 6.45) is 4.41. The van der Waals surface area contributed by atoms with Crippen molar-refractivity contribution in [1.82, 2.24) is 9.91 Å². The molecule has 0 bridgehead atoms. The highest BCUT2D eigenvalue weighted by molar-refractivity contribution is 5.81. The maximum absolute atomic E-state index is 5.93. The molecule has 5 nitrogen and oxygen atoms in total. The number of guanidine groups is 1. The van der Waals surface area contributed by atoms with E-state index in [-0.39, 0.29) is 0 Å². The molecule has 1 saturated carbocycles. The highest BCUT2D eigenvalue weighted by Gasteiger charge is 2.25. The smallest absolute Gasteiger partial charge is 0.211 e. The molecule has 1 saturated heterocycles. The summed E-state index contributed by atoms with van der Waals surface area (Å²) >= 11 is 0. The Hall–Kier alpha value is -0.810. The molecule has 0 atom stereocenters. The standard InChI is InChI=1S/C11H23N5/c1-2-15-7-8-16(13)11(15)14-10-5-3-9(12)4-6-10/h9-10H,2-8,12-13H2,1H3. The molecule has 2 rings (SSSR count). The third-order valence-electron chi connectivity index (χ3n) is 3.57. The van der Waals surface area contributed by atoms with Crippen molar-refractivity contribution in [3.05, 3.63) is 0 Å². The fourth-order valence-corrected chi connectivity index (χ4v) is 2.46. The van der Waals surface area contributed by atoms with Crippen LogP contribution in [0.2, 0.25) is 0 Å². The number of likely N-dealkylation sites (N-methyl/N-ethyl adjacent to an activating group) is 1. The fraction of sp³-hybridized carbons (Fsp3) is 0.909. The summed E-state index contributed by atoms with van der Waals surface area (Å²) in [6.45, 7) is 5.02. The molecule has 0 aromatic carbocycles. The van der Waals surface area contributed by atoms with Gasteiger partial charge in [-0.15, -0.1) is 0 Å². The molecule has 0 amide bonds. The first kappa shape index (κ1) is 11.7. The zero-order chi connectivity index (χ0) is 11.5. The summed E-state index contributed by atoms with van der Waals surface area (Å²) in [5, 5.41) is 1.78. The van der Waals surface area contributed by atoms with Crippen molar-refractivity contribution in [3.63, 3.8) is 0 Å². The molecule has 0 unspecified atom stereocenters. The molecule has 0 aromatic rings. The van der Waals surface area contributed by atoms with Gasteiger partial charge in [0.2, 0.25) is 5.96 Å². The Morgan fingerprint density at radius 2 is 1.94 bits per heavy atom. The van der Waals surface area contributed by atoms with E-state index < -0.39 is 0 Å². The Bertz CT molecular complexity index is 257. The van der Waals surface area contributed by atoms with E-state index in [0.29, 0.717) is 12.1 Å². The minimum Gasteiger partial charge on any atom is -0.340 e.